The maximum absolute atomic E-state index is 12.4. The van der Waals surface area contributed by atoms with Crippen LogP contribution in [-0.4, -0.2) is 176 Å². The van der Waals surface area contributed by atoms with E-state index in [0.29, 0.717) is 12.8 Å². The Balaban J connectivity index is 2.11. The molecular weight excluding hydrogens is 851 g/mol. The van der Waals surface area contributed by atoms with Gasteiger partial charge in [0.1, 0.15) is 12.0 Å². The second-order valence-corrected chi connectivity index (χ2v) is 19.7. The Bertz CT molecular complexity index is 1240. The number of nitrogens with two attached hydrogens (primary N) is 1. The van der Waals surface area contributed by atoms with Crippen molar-refractivity contribution in [2.75, 3.05) is 0 Å². The molecule has 65 heavy (non-hydrogen) atoms. The van der Waals surface area contributed by atoms with Crippen LogP contribution in [0.5, 0.6) is 0 Å². The summed E-state index contributed by atoms with van der Waals surface area (Å²) in [6, 6.07) is -1.08. The number of carboxylic acid groups (broad SMARTS) is 1. The fraction of sp³-hybridized carbons (Fsp3) is 0.979. The summed E-state index contributed by atoms with van der Waals surface area (Å²) in [6.07, 6.45) is -8.09. The third kappa shape index (κ3) is 22.9. The Kier molecular flexibility index (Phi) is 29.4. The highest BCUT2D eigenvalue weighted by Gasteiger charge is 2.43. The minimum Gasteiger partial charge on any atom is -0.481 e. The van der Waals surface area contributed by atoms with E-state index in [9.17, 15) is 71.2 Å². The summed E-state index contributed by atoms with van der Waals surface area (Å²) in [5.41, 5.74) is 6.02. The zero-order valence-corrected chi connectivity index (χ0v) is 39.6. The van der Waals surface area contributed by atoms with E-state index in [1.807, 2.05) is 13.8 Å². The van der Waals surface area contributed by atoms with E-state index in [-0.39, 0.29) is 43.9 Å². The zero-order valence-electron chi connectivity index (χ0n) is 39.6. The fourth-order valence-electron chi connectivity index (χ4n) is 9.30. The molecule has 20 unspecified atom stereocenters. The maximum atomic E-state index is 12.4. The second kappa shape index (κ2) is 31.9. The number of aliphatic hydroxyl groups excluding tert-OH is 12. The van der Waals surface area contributed by atoms with Crippen molar-refractivity contribution < 1.29 is 85.4 Å². The molecule has 0 aromatic rings. The van der Waals surface area contributed by atoms with Crippen molar-refractivity contribution in [1.29, 1.82) is 0 Å². The molecule has 0 aliphatic carbocycles. The molecule has 2 fully saturated rings. The number of hydrogen-bond donors (Lipinski definition) is 14. The number of hydrogen-bond acceptors (Lipinski definition) is 17. The van der Waals surface area contributed by atoms with Gasteiger partial charge in [0, 0.05) is 31.6 Å². The van der Waals surface area contributed by atoms with Gasteiger partial charge in [0.05, 0.1) is 85.4 Å². The van der Waals surface area contributed by atoms with E-state index >= 15 is 0 Å². The molecule has 0 amide bonds. The average Bonchev–Trinajstić information content (AvgIpc) is 3.22. The highest BCUT2D eigenvalue weighted by atomic mass is 16.7. The van der Waals surface area contributed by atoms with Gasteiger partial charge in [0.15, 0.2) is 12.6 Å². The van der Waals surface area contributed by atoms with E-state index in [0.717, 1.165) is 77.0 Å². The van der Waals surface area contributed by atoms with E-state index in [1.165, 1.54) is 0 Å². The Labute approximate surface area is 387 Å². The molecule has 0 aromatic carbocycles. The average molecular weight is 942 g/mol. The number of carboxylic acids is 1. The number of rotatable bonds is 3. The number of aliphatic hydroxyl groups is 12. The Morgan fingerprint density at radius 2 is 0.954 bits per heavy atom. The first kappa shape index (κ1) is 60.0. The summed E-state index contributed by atoms with van der Waals surface area (Å²) < 4.78 is 17.5. The third-order valence-corrected chi connectivity index (χ3v) is 13.8. The Morgan fingerprint density at radius 3 is 1.51 bits per heavy atom. The first-order chi connectivity index (χ1) is 30.6. The van der Waals surface area contributed by atoms with Crippen LogP contribution in [0.3, 0.4) is 0 Å². The van der Waals surface area contributed by atoms with E-state index < -0.39 is 135 Å². The first-order valence-corrected chi connectivity index (χ1v) is 24.7. The largest absolute Gasteiger partial charge is 0.481 e. The number of aliphatic carboxylic acids is 1. The lowest BCUT2D eigenvalue weighted by atomic mass is 9.86. The molecule has 2 saturated heterocycles. The monoisotopic (exact) mass is 942 g/mol. The van der Waals surface area contributed by atoms with Crippen LogP contribution in [-0.2, 0) is 19.0 Å². The van der Waals surface area contributed by atoms with Crippen LogP contribution in [0.25, 0.3) is 0 Å². The van der Waals surface area contributed by atoms with Crippen molar-refractivity contribution in [3.05, 3.63) is 0 Å². The summed E-state index contributed by atoms with van der Waals surface area (Å²) in [5.74, 6) is -3.57. The SMILES string of the molecule is CC1CCCCCCCCCCCCCCC(OC2OC(C)C(O)C(N)C2O)CC(O)C(C(=O)O)C(O)CC(O)CC(O)CC(O)C(O)CCC(O)CC(O)CC(O)OC(C)C(C)C1O. The molecule has 386 valence electrons. The van der Waals surface area contributed by atoms with Gasteiger partial charge in [-0.15, -0.1) is 0 Å². The van der Waals surface area contributed by atoms with Crippen molar-refractivity contribution in [2.45, 2.75) is 273 Å². The summed E-state index contributed by atoms with van der Waals surface area (Å²) in [7, 11) is 0. The highest BCUT2D eigenvalue weighted by Crippen LogP contribution is 2.29. The van der Waals surface area contributed by atoms with E-state index in [4.69, 9.17) is 19.9 Å². The van der Waals surface area contributed by atoms with Crippen LogP contribution in [0, 0.1) is 17.8 Å². The predicted molar refractivity (Wildman–Crippen MR) is 241 cm³/mol. The van der Waals surface area contributed by atoms with Crippen LogP contribution in [0.2, 0.25) is 0 Å². The Morgan fingerprint density at radius 1 is 0.477 bits per heavy atom. The van der Waals surface area contributed by atoms with Crippen molar-refractivity contribution in [3.63, 3.8) is 0 Å². The lowest BCUT2D eigenvalue weighted by molar-refractivity contribution is -0.283. The van der Waals surface area contributed by atoms with Gasteiger partial charge < -0.3 is 86.3 Å². The Hall–Kier alpha value is -1.17. The fourth-order valence-corrected chi connectivity index (χ4v) is 9.30. The van der Waals surface area contributed by atoms with Crippen molar-refractivity contribution in [3.8, 4) is 0 Å². The predicted octanol–water partition coefficient (Wildman–Crippen LogP) is 1.71. The molecule has 2 heterocycles. The van der Waals surface area contributed by atoms with Gasteiger partial charge in [0.2, 0.25) is 0 Å². The van der Waals surface area contributed by atoms with Crippen LogP contribution in [0.1, 0.15) is 169 Å². The molecule has 2 aliphatic rings. The van der Waals surface area contributed by atoms with Gasteiger partial charge in [-0.05, 0) is 58.3 Å². The van der Waals surface area contributed by atoms with Crippen molar-refractivity contribution in [1.82, 2.24) is 0 Å². The zero-order chi connectivity index (χ0) is 48.8. The van der Waals surface area contributed by atoms with Crippen molar-refractivity contribution >= 4 is 5.97 Å². The molecule has 0 aromatic heterocycles. The standard InChI is InChI=1S/C47H91NO17/c1-27-17-15-13-11-9-7-5-6-8-10-12-14-16-18-35(65-47-45(60)42(48)44(59)30(4)64-47)26-39(56)41(46(61)62)38(55)24-33(51)22-32(50)23-37(54)36(53)20-19-31(49)21-34(52)25-40(57)63-29(3)28(2)43(27)58/h27-45,47,49-60H,5-26,48H2,1-4H3,(H,61,62). The lowest BCUT2D eigenvalue weighted by Gasteiger charge is -2.41. The topological polar surface area (TPSA) is 334 Å². The third-order valence-electron chi connectivity index (χ3n) is 13.8. The molecule has 0 spiro atoms. The highest BCUT2D eigenvalue weighted by molar-refractivity contribution is 5.71. The summed E-state index contributed by atoms with van der Waals surface area (Å²) in [6.45, 7) is 7.21. The van der Waals surface area contributed by atoms with Gasteiger partial charge in [-0.25, -0.2) is 0 Å². The molecule has 18 heteroatoms. The maximum Gasteiger partial charge on any atom is 0.311 e. The smallest absolute Gasteiger partial charge is 0.311 e. The van der Waals surface area contributed by atoms with Crippen molar-refractivity contribution in [2.24, 2.45) is 23.5 Å². The van der Waals surface area contributed by atoms with Crippen LogP contribution in [0.15, 0.2) is 0 Å². The summed E-state index contributed by atoms with van der Waals surface area (Å²) in [5, 5.41) is 138. The second-order valence-electron chi connectivity index (χ2n) is 19.7. The molecule has 2 rings (SSSR count). The van der Waals surface area contributed by atoms with E-state index in [1.54, 1.807) is 13.8 Å². The lowest BCUT2D eigenvalue weighted by Crippen LogP contribution is -2.61. The van der Waals surface area contributed by atoms with Gasteiger partial charge in [-0.2, -0.15) is 0 Å². The minimum absolute atomic E-state index is 0.0309. The van der Waals surface area contributed by atoms with Gasteiger partial charge in [0.25, 0.3) is 0 Å². The summed E-state index contributed by atoms with van der Waals surface area (Å²) in [4.78, 5) is 12.4. The van der Waals surface area contributed by atoms with Gasteiger partial charge >= 0.3 is 5.97 Å². The molecule has 0 saturated carbocycles. The molecule has 0 bridgehead atoms. The molecule has 18 nitrogen and oxygen atoms in total. The minimum atomic E-state index is -1.78. The van der Waals surface area contributed by atoms with E-state index in [2.05, 4.69) is 0 Å². The molecule has 20 atom stereocenters. The van der Waals surface area contributed by atoms with Crippen LogP contribution in [0.4, 0.5) is 0 Å². The van der Waals surface area contributed by atoms with Crippen LogP contribution >= 0.6 is 0 Å². The molecule has 15 N–H and O–H groups in total. The van der Waals surface area contributed by atoms with Gasteiger partial charge in [-0.3, -0.25) is 4.79 Å². The quantitative estimate of drug-likeness (QED) is 0.191. The number of carbonyl (C=O) groups is 1. The summed E-state index contributed by atoms with van der Waals surface area (Å²) >= 11 is 0. The first-order valence-electron chi connectivity index (χ1n) is 24.7. The molecular formula is C47H91NO17. The number of ether oxygens (including phenoxy) is 3. The van der Waals surface area contributed by atoms with Gasteiger partial charge in [-0.1, -0.05) is 90.9 Å². The molecule has 2 aliphatic heterocycles. The molecule has 0 radical (unpaired) electrons. The van der Waals surface area contributed by atoms with Crippen LogP contribution < -0.4 is 5.73 Å². The normalized spacial score (nSPS) is 43.4.